The predicted molar refractivity (Wildman–Crippen MR) is 108 cm³/mol. The highest BCUT2D eigenvalue weighted by Crippen LogP contribution is 2.28. The van der Waals surface area contributed by atoms with Crippen LogP contribution in [0.1, 0.15) is 25.0 Å². The quantitative estimate of drug-likeness (QED) is 0.767. The molecule has 0 radical (unpaired) electrons. The van der Waals surface area contributed by atoms with Crippen molar-refractivity contribution in [1.82, 2.24) is 19.7 Å². The molecule has 2 unspecified atom stereocenters. The summed E-state index contributed by atoms with van der Waals surface area (Å²) in [4.78, 5) is 11.8. The molecule has 27 heavy (non-hydrogen) atoms. The van der Waals surface area contributed by atoms with Crippen LogP contribution in [0.2, 0.25) is 0 Å². The summed E-state index contributed by atoms with van der Waals surface area (Å²) in [5.74, 6) is 1.49. The van der Waals surface area contributed by atoms with Crippen LogP contribution in [0.5, 0.6) is 0 Å². The number of fused-ring (bicyclic) bond motifs is 1. The largest absolute Gasteiger partial charge is 0.372 e. The Bertz CT molecular complexity index is 972. The monoisotopic (exact) mass is 366 g/mol. The Hall–Kier alpha value is -2.67. The summed E-state index contributed by atoms with van der Waals surface area (Å²) in [5, 5.41) is 8.79. The van der Waals surface area contributed by atoms with E-state index in [0.29, 0.717) is 5.95 Å². The molecule has 0 aliphatic carbocycles. The Labute approximate surface area is 159 Å². The zero-order chi connectivity index (χ0) is 19.1. The van der Waals surface area contributed by atoms with Gasteiger partial charge in [0.05, 0.1) is 23.8 Å². The van der Waals surface area contributed by atoms with Crippen LogP contribution in [0, 0.1) is 13.8 Å². The molecular weight excluding hydrogens is 340 g/mol. The van der Waals surface area contributed by atoms with E-state index >= 15 is 0 Å². The lowest BCUT2D eigenvalue weighted by atomic mass is 10.1. The van der Waals surface area contributed by atoms with E-state index in [1.807, 2.05) is 13.2 Å². The molecule has 1 N–H and O–H groups in total. The van der Waals surface area contributed by atoms with Crippen LogP contribution in [0.3, 0.4) is 0 Å². The second-order valence-electron chi connectivity index (χ2n) is 7.48. The molecule has 2 aromatic heterocycles. The van der Waals surface area contributed by atoms with Crippen LogP contribution in [-0.2, 0) is 11.8 Å². The van der Waals surface area contributed by atoms with E-state index in [9.17, 15) is 0 Å². The molecule has 142 valence electrons. The third-order valence-corrected chi connectivity index (χ3v) is 4.92. The maximum atomic E-state index is 5.86. The van der Waals surface area contributed by atoms with Crippen LogP contribution in [0.4, 0.5) is 17.5 Å². The van der Waals surface area contributed by atoms with Crippen LogP contribution >= 0.6 is 0 Å². The molecule has 3 aromatic rings. The average molecular weight is 366 g/mol. The van der Waals surface area contributed by atoms with E-state index in [4.69, 9.17) is 14.7 Å². The standard InChI is InChI=1S/C20H26N6O/c1-12-6-7-17(13(2)8-12)22-18-16-9-21-25(5)19(16)24-20(23-18)26-10-14(3)27-15(4)11-26/h6-9,14-15H,10-11H2,1-5H3,(H,22,23,24). The number of benzene rings is 1. The minimum Gasteiger partial charge on any atom is -0.372 e. The molecule has 1 aliphatic rings. The molecule has 3 heterocycles. The Morgan fingerprint density at radius 2 is 1.85 bits per heavy atom. The molecule has 4 rings (SSSR count). The third-order valence-electron chi connectivity index (χ3n) is 4.92. The molecule has 0 amide bonds. The summed E-state index contributed by atoms with van der Waals surface area (Å²) in [5.41, 5.74) is 4.28. The lowest BCUT2D eigenvalue weighted by Crippen LogP contribution is -2.46. The van der Waals surface area contributed by atoms with Crippen molar-refractivity contribution in [3.63, 3.8) is 0 Å². The molecule has 2 atom stereocenters. The van der Waals surface area contributed by atoms with E-state index in [1.54, 1.807) is 4.68 Å². The summed E-state index contributed by atoms with van der Waals surface area (Å²) in [6.45, 7) is 9.91. The van der Waals surface area contributed by atoms with E-state index < -0.39 is 0 Å². The van der Waals surface area contributed by atoms with Crippen LogP contribution in [-0.4, -0.2) is 45.0 Å². The Balaban J connectivity index is 1.77. The van der Waals surface area contributed by atoms with E-state index in [0.717, 1.165) is 35.6 Å². The van der Waals surface area contributed by atoms with Gasteiger partial charge in [0, 0.05) is 25.8 Å². The summed E-state index contributed by atoms with van der Waals surface area (Å²) in [7, 11) is 1.91. The fourth-order valence-corrected chi connectivity index (χ4v) is 3.67. The van der Waals surface area contributed by atoms with Crippen LogP contribution in [0.25, 0.3) is 11.0 Å². The topological polar surface area (TPSA) is 68.1 Å². The van der Waals surface area contributed by atoms with Gasteiger partial charge in [-0.15, -0.1) is 0 Å². The van der Waals surface area contributed by atoms with Crippen molar-refractivity contribution in [2.75, 3.05) is 23.3 Å². The highest BCUT2D eigenvalue weighted by atomic mass is 16.5. The first kappa shape index (κ1) is 17.7. The molecule has 1 fully saturated rings. The Kier molecular flexibility index (Phi) is 4.47. The molecular formula is C20H26N6O. The fourth-order valence-electron chi connectivity index (χ4n) is 3.67. The maximum Gasteiger partial charge on any atom is 0.229 e. The van der Waals surface area contributed by atoms with Gasteiger partial charge in [0.25, 0.3) is 0 Å². The summed E-state index contributed by atoms with van der Waals surface area (Å²) < 4.78 is 7.65. The molecule has 7 nitrogen and oxygen atoms in total. The molecule has 1 saturated heterocycles. The molecule has 7 heteroatoms. The number of hydrogen-bond donors (Lipinski definition) is 1. The smallest absolute Gasteiger partial charge is 0.229 e. The number of anilines is 3. The van der Waals surface area contributed by atoms with Crippen molar-refractivity contribution in [3.8, 4) is 0 Å². The van der Waals surface area contributed by atoms with Gasteiger partial charge < -0.3 is 15.0 Å². The summed E-state index contributed by atoms with van der Waals surface area (Å²) in [6.07, 6.45) is 2.11. The van der Waals surface area contributed by atoms with Gasteiger partial charge >= 0.3 is 0 Å². The first-order valence-corrected chi connectivity index (χ1v) is 9.35. The first-order chi connectivity index (χ1) is 12.9. The van der Waals surface area contributed by atoms with Crippen molar-refractivity contribution >= 4 is 28.5 Å². The Morgan fingerprint density at radius 1 is 1.11 bits per heavy atom. The highest BCUT2D eigenvalue weighted by Gasteiger charge is 2.25. The average Bonchev–Trinajstić information content (AvgIpc) is 2.98. The van der Waals surface area contributed by atoms with Gasteiger partial charge in [-0.05, 0) is 39.3 Å². The van der Waals surface area contributed by atoms with Gasteiger partial charge in [0.2, 0.25) is 5.95 Å². The van der Waals surface area contributed by atoms with Crippen molar-refractivity contribution in [1.29, 1.82) is 0 Å². The van der Waals surface area contributed by atoms with Crippen molar-refractivity contribution in [2.24, 2.45) is 7.05 Å². The number of rotatable bonds is 3. The SMILES string of the molecule is Cc1ccc(Nc2nc(N3CC(C)OC(C)C3)nc3c2cnn3C)c(C)c1. The lowest BCUT2D eigenvalue weighted by molar-refractivity contribution is -0.00569. The number of morpholine rings is 1. The Morgan fingerprint density at radius 3 is 2.56 bits per heavy atom. The molecule has 0 saturated carbocycles. The van der Waals surface area contributed by atoms with Crippen molar-refractivity contribution in [2.45, 2.75) is 39.9 Å². The molecule has 1 aromatic carbocycles. The summed E-state index contributed by atoms with van der Waals surface area (Å²) in [6, 6.07) is 6.35. The number of nitrogens with one attached hydrogen (secondary N) is 1. The van der Waals surface area contributed by atoms with Gasteiger partial charge in [-0.25, -0.2) is 0 Å². The lowest BCUT2D eigenvalue weighted by Gasteiger charge is -2.35. The van der Waals surface area contributed by atoms with E-state index in [1.165, 1.54) is 11.1 Å². The van der Waals surface area contributed by atoms with Gasteiger partial charge in [0.1, 0.15) is 5.82 Å². The van der Waals surface area contributed by atoms with Gasteiger partial charge in [0.15, 0.2) is 5.65 Å². The second-order valence-corrected chi connectivity index (χ2v) is 7.48. The number of hydrogen-bond acceptors (Lipinski definition) is 6. The van der Waals surface area contributed by atoms with Crippen LogP contribution in [0.15, 0.2) is 24.4 Å². The summed E-state index contributed by atoms with van der Waals surface area (Å²) >= 11 is 0. The number of aryl methyl sites for hydroxylation is 3. The maximum absolute atomic E-state index is 5.86. The predicted octanol–water partition coefficient (Wildman–Crippen LogP) is 3.34. The van der Waals surface area contributed by atoms with Crippen molar-refractivity contribution in [3.05, 3.63) is 35.5 Å². The fraction of sp³-hybridized carbons (Fsp3) is 0.450. The zero-order valence-electron chi connectivity index (χ0n) is 16.5. The third kappa shape index (κ3) is 3.47. The minimum absolute atomic E-state index is 0.148. The molecule has 0 spiro atoms. The first-order valence-electron chi connectivity index (χ1n) is 9.35. The number of ether oxygens (including phenoxy) is 1. The molecule has 1 aliphatic heterocycles. The van der Waals surface area contributed by atoms with Gasteiger partial charge in [-0.2, -0.15) is 15.1 Å². The van der Waals surface area contributed by atoms with Gasteiger partial charge in [-0.1, -0.05) is 17.7 Å². The normalized spacial score (nSPS) is 20.3. The zero-order valence-corrected chi connectivity index (χ0v) is 16.5. The number of aromatic nitrogens is 4. The minimum atomic E-state index is 0.148. The number of nitrogens with zero attached hydrogens (tertiary/aromatic N) is 5. The van der Waals surface area contributed by atoms with Crippen LogP contribution < -0.4 is 10.2 Å². The van der Waals surface area contributed by atoms with Crippen molar-refractivity contribution < 1.29 is 4.74 Å². The van der Waals surface area contributed by atoms with E-state index in [-0.39, 0.29) is 12.2 Å². The highest BCUT2D eigenvalue weighted by molar-refractivity contribution is 5.89. The molecule has 0 bridgehead atoms. The van der Waals surface area contributed by atoms with E-state index in [2.05, 4.69) is 61.2 Å². The second kappa shape index (κ2) is 6.81. The van der Waals surface area contributed by atoms with Gasteiger partial charge in [-0.3, -0.25) is 4.68 Å².